The maximum absolute atomic E-state index is 15.1. The van der Waals surface area contributed by atoms with Crippen LogP contribution in [0.25, 0.3) is 11.1 Å². The standard InChI is InChI=1S/C24H23F2N3O3S/c1-4-21-17-12-23(30)29(3)13-19(17)16-11-22(28-33(31,32)5-2)20(26)10-18(16)24(27-21)14-6-8-15(25)9-7-14/h6-13,21,28H,4-5H2,1-3H3. The van der Waals surface area contributed by atoms with Crippen LogP contribution in [0.15, 0.2) is 58.4 Å². The summed E-state index contributed by atoms with van der Waals surface area (Å²) >= 11 is 0. The molecule has 4 rings (SSSR count). The zero-order chi connectivity index (χ0) is 23.9. The second kappa shape index (κ2) is 8.55. The van der Waals surface area contributed by atoms with Crippen LogP contribution in [0.5, 0.6) is 0 Å². The second-order valence-corrected chi connectivity index (χ2v) is 9.89. The molecule has 1 N–H and O–H groups in total. The molecule has 3 aromatic rings. The molecule has 1 aromatic heterocycles. The minimum Gasteiger partial charge on any atom is -0.318 e. The number of nitrogens with zero attached hydrogens (tertiary/aromatic N) is 2. The van der Waals surface area contributed by atoms with E-state index < -0.39 is 27.7 Å². The molecule has 1 aliphatic rings. The van der Waals surface area contributed by atoms with Gasteiger partial charge < -0.3 is 4.57 Å². The molecule has 9 heteroatoms. The van der Waals surface area contributed by atoms with Crippen LogP contribution in [0.1, 0.15) is 43.0 Å². The Morgan fingerprint density at radius 3 is 2.36 bits per heavy atom. The summed E-state index contributed by atoms with van der Waals surface area (Å²) in [5.41, 5.74) is 2.87. The van der Waals surface area contributed by atoms with Crippen LogP contribution < -0.4 is 10.3 Å². The molecule has 1 aliphatic heterocycles. The van der Waals surface area contributed by atoms with Crippen LogP contribution in [0.2, 0.25) is 0 Å². The summed E-state index contributed by atoms with van der Waals surface area (Å²) in [5, 5.41) is 0. The predicted octanol–water partition coefficient (Wildman–Crippen LogP) is 4.39. The molecule has 2 heterocycles. The van der Waals surface area contributed by atoms with Crippen molar-refractivity contribution in [2.24, 2.45) is 12.0 Å². The third-order valence-corrected chi connectivity index (χ3v) is 7.00. The number of benzene rings is 2. The Labute approximate surface area is 190 Å². The number of aliphatic imine (C=N–C) groups is 1. The number of halogens is 2. The summed E-state index contributed by atoms with van der Waals surface area (Å²) in [5.74, 6) is -1.39. The van der Waals surface area contributed by atoms with E-state index >= 15 is 4.39 Å². The van der Waals surface area contributed by atoms with Crippen LogP contribution >= 0.6 is 0 Å². The smallest absolute Gasteiger partial charge is 0.250 e. The monoisotopic (exact) mass is 471 g/mol. The van der Waals surface area contributed by atoms with Crippen LogP contribution in [-0.4, -0.2) is 24.4 Å². The Balaban J connectivity index is 2.06. The molecule has 1 atom stereocenters. The predicted molar refractivity (Wildman–Crippen MR) is 125 cm³/mol. The van der Waals surface area contributed by atoms with Crippen LogP contribution in [0, 0.1) is 11.6 Å². The number of hydrogen-bond acceptors (Lipinski definition) is 4. The lowest BCUT2D eigenvalue weighted by atomic mass is 9.91. The van der Waals surface area contributed by atoms with Gasteiger partial charge in [0.15, 0.2) is 0 Å². The number of hydrogen-bond donors (Lipinski definition) is 1. The van der Waals surface area contributed by atoms with E-state index in [1.54, 1.807) is 25.4 Å². The molecular formula is C24H23F2N3O3S. The molecule has 0 spiro atoms. The molecule has 0 radical (unpaired) electrons. The zero-order valence-electron chi connectivity index (χ0n) is 18.4. The highest BCUT2D eigenvalue weighted by atomic mass is 32.2. The molecule has 0 fully saturated rings. The van der Waals surface area contributed by atoms with Gasteiger partial charge in [0.1, 0.15) is 11.6 Å². The largest absolute Gasteiger partial charge is 0.318 e. The summed E-state index contributed by atoms with van der Waals surface area (Å²) in [6.45, 7) is 3.38. The first-order valence-corrected chi connectivity index (χ1v) is 12.2. The van der Waals surface area contributed by atoms with E-state index in [-0.39, 0.29) is 17.0 Å². The van der Waals surface area contributed by atoms with Crippen LogP contribution in [0.3, 0.4) is 0 Å². The minimum atomic E-state index is -3.73. The lowest BCUT2D eigenvalue weighted by Crippen LogP contribution is -2.18. The van der Waals surface area contributed by atoms with Crippen molar-refractivity contribution in [3.8, 4) is 11.1 Å². The molecule has 172 valence electrons. The van der Waals surface area contributed by atoms with E-state index in [4.69, 9.17) is 4.99 Å². The van der Waals surface area contributed by atoms with Gasteiger partial charge in [0.05, 0.1) is 23.2 Å². The average molecular weight is 472 g/mol. The number of rotatable bonds is 5. The first kappa shape index (κ1) is 22.8. The number of fused-ring (bicyclic) bond motifs is 3. The normalized spacial score (nSPS) is 15.3. The lowest BCUT2D eigenvalue weighted by molar-refractivity contribution is 0.599. The summed E-state index contributed by atoms with van der Waals surface area (Å²) in [7, 11) is -2.11. The molecule has 1 unspecified atom stereocenters. The Bertz CT molecular complexity index is 1430. The SMILES string of the molecule is CCC1N=C(c2ccc(F)cc2)c2cc(F)c(NS(=O)(=O)CC)cc2-c2cn(C)c(=O)cc21. The van der Waals surface area contributed by atoms with Gasteiger partial charge in [-0.2, -0.15) is 0 Å². The minimum absolute atomic E-state index is 0.191. The van der Waals surface area contributed by atoms with Gasteiger partial charge in [0, 0.05) is 36.0 Å². The topological polar surface area (TPSA) is 80.5 Å². The molecule has 0 saturated heterocycles. The summed E-state index contributed by atoms with van der Waals surface area (Å²) in [6, 6.07) is 9.48. The first-order chi connectivity index (χ1) is 15.6. The van der Waals surface area contributed by atoms with Gasteiger partial charge in [0.25, 0.3) is 5.56 Å². The molecular weight excluding hydrogens is 448 g/mol. The highest BCUT2D eigenvalue weighted by Gasteiger charge is 2.27. The van der Waals surface area contributed by atoms with E-state index in [1.807, 2.05) is 6.92 Å². The Hall–Kier alpha value is -3.33. The van der Waals surface area contributed by atoms with Crippen LogP contribution in [-0.2, 0) is 17.1 Å². The van der Waals surface area contributed by atoms with E-state index in [9.17, 15) is 17.6 Å². The van der Waals surface area contributed by atoms with Gasteiger partial charge in [-0.05, 0) is 60.9 Å². The van der Waals surface area contributed by atoms with E-state index in [1.165, 1.54) is 41.8 Å². The highest BCUT2D eigenvalue weighted by Crippen LogP contribution is 2.40. The highest BCUT2D eigenvalue weighted by molar-refractivity contribution is 7.92. The zero-order valence-corrected chi connectivity index (χ0v) is 19.2. The maximum Gasteiger partial charge on any atom is 0.250 e. The third kappa shape index (κ3) is 4.32. The molecule has 33 heavy (non-hydrogen) atoms. The maximum atomic E-state index is 15.1. The van der Waals surface area contributed by atoms with Crippen molar-refractivity contribution >= 4 is 21.4 Å². The van der Waals surface area contributed by atoms with Crippen LogP contribution in [0.4, 0.5) is 14.5 Å². The van der Waals surface area contributed by atoms with Gasteiger partial charge in [-0.3, -0.25) is 14.5 Å². The van der Waals surface area contributed by atoms with Crippen molar-refractivity contribution in [2.45, 2.75) is 26.3 Å². The van der Waals surface area contributed by atoms with Crippen molar-refractivity contribution in [1.82, 2.24) is 4.57 Å². The number of aromatic nitrogens is 1. The summed E-state index contributed by atoms with van der Waals surface area (Å²) in [4.78, 5) is 17.3. The first-order valence-electron chi connectivity index (χ1n) is 10.5. The molecule has 0 bridgehead atoms. The van der Waals surface area contributed by atoms with Gasteiger partial charge in [0.2, 0.25) is 10.0 Å². The summed E-state index contributed by atoms with van der Waals surface area (Å²) < 4.78 is 56.7. The fourth-order valence-corrected chi connectivity index (χ4v) is 4.53. The lowest BCUT2D eigenvalue weighted by Gasteiger charge is -2.16. The number of sulfonamides is 1. The average Bonchev–Trinajstić information content (AvgIpc) is 2.90. The third-order valence-electron chi connectivity index (χ3n) is 5.71. The van der Waals surface area contributed by atoms with E-state index in [0.29, 0.717) is 39.9 Å². The van der Waals surface area contributed by atoms with Gasteiger partial charge in [-0.1, -0.05) is 6.92 Å². The van der Waals surface area contributed by atoms with Gasteiger partial charge >= 0.3 is 0 Å². The number of aryl methyl sites for hydroxylation is 1. The van der Waals surface area contributed by atoms with Crippen molar-refractivity contribution in [1.29, 1.82) is 0 Å². The van der Waals surface area contributed by atoms with Crippen molar-refractivity contribution < 1.29 is 17.2 Å². The molecule has 2 aromatic carbocycles. The van der Waals surface area contributed by atoms with Crippen molar-refractivity contribution in [2.75, 3.05) is 10.5 Å². The molecule has 0 aliphatic carbocycles. The van der Waals surface area contributed by atoms with E-state index in [2.05, 4.69) is 4.72 Å². The number of anilines is 1. The fourth-order valence-electron chi connectivity index (χ4n) is 3.90. The number of pyridine rings is 1. The van der Waals surface area contributed by atoms with Gasteiger partial charge in [-0.15, -0.1) is 0 Å². The van der Waals surface area contributed by atoms with Crippen molar-refractivity contribution in [3.63, 3.8) is 0 Å². The van der Waals surface area contributed by atoms with Crippen molar-refractivity contribution in [3.05, 3.63) is 87.3 Å². The fraction of sp³-hybridized carbons (Fsp3) is 0.250. The second-order valence-electron chi connectivity index (χ2n) is 7.88. The van der Waals surface area contributed by atoms with Gasteiger partial charge in [-0.25, -0.2) is 17.2 Å². The van der Waals surface area contributed by atoms with E-state index in [0.717, 1.165) is 0 Å². The molecule has 6 nitrogen and oxygen atoms in total. The number of nitrogens with one attached hydrogen (secondary N) is 1. The Morgan fingerprint density at radius 2 is 1.73 bits per heavy atom. The molecule has 0 amide bonds. The summed E-state index contributed by atoms with van der Waals surface area (Å²) in [6.07, 6.45) is 2.22. The quantitative estimate of drug-likeness (QED) is 0.599. The molecule has 0 saturated carbocycles. The Kier molecular flexibility index (Phi) is 5.92. The Morgan fingerprint density at radius 1 is 1.03 bits per heavy atom.